The van der Waals surface area contributed by atoms with E-state index in [1.54, 1.807) is 24.0 Å². The predicted molar refractivity (Wildman–Crippen MR) is 82.6 cm³/mol. The van der Waals surface area contributed by atoms with Crippen molar-refractivity contribution in [3.8, 4) is 0 Å². The van der Waals surface area contributed by atoms with Crippen LogP contribution in [0.5, 0.6) is 0 Å². The summed E-state index contributed by atoms with van der Waals surface area (Å²) in [4.78, 5) is 16.1. The van der Waals surface area contributed by atoms with Gasteiger partial charge >= 0.3 is 0 Å². The summed E-state index contributed by atoms with van der Waals surface area (Å²) >= 11 is 5.02. The van der Waals surface area contributed by atoms with Crippen molar-refractivity contribution in [3.05, 3.63) is 52.3 Å². The number of thioether (sulfide) groups is 1. The first-order chi connectivity index (χ1) is 9.10. The van der Waals surface area contributed by atoms with Gasteiger partial charge in [0.05, 0.1) is 6.04 Å². The van der Waals surface area contributed by atoms with Crippen LogP contribution in [0.25, 0.3) is 0 Å². The summed E-state index contributed by atoms with van der Waals surface area (Å²) in [5, 5.41) is 2.97. The van der Waals surface area contributed by atoms with Gasteiger partial charge in [0.2, 0.25) is 0 Å². The van der Waals surface area contributed by atoms with Gasteiger partial charge in [-0.15, -0.1) is 11.8 Å². The summed E-state index contributed by atoms with van der Waals surface area (Å²) in [5.74, 6) is -0.104. The molecule has 0 radical (unpaired) electrons. The summed E-state index contributed by atoms with van der Waals surface area (Å²) < 4.78 is 0.870. The summed E-state index contributed by atoms with van der Waals surface area (Å²) in [6.45, 7) is 1.98. The van der Waals surface area contributed by atoms with E-state index in [1.807, 2.05) is 25.3 Å². The van der Waals surface area contributed by atoms with E-state index in [1.165, 1.54) is 4.90 Å². The highest BCUT2D eigenvalue weighted by Gasteiger charge is 2.12. The molecule has 19 heavy (non-hydrogen) atoms. The van der Waals surface area contributed by atoms with E-state index < -0.39 is 0 Å². The fourth-order valence-corrected chi connectivity index (χ4v) is 2.50. The van der Waals surface area contributed by atoms with E-state index in [-0.39, 0.29) is 11.9 Å². The Morgan fingerprint density at radius 2 is 2.05 bits per heavy atom. The zero-order chi connectivity index (χ0) is 13.8. The number of aromatic amines is 1. The molecule has 100 valence electrons. The third-order valence-corrected chi connectivity index (χ3v) is 4.06. The summed E-state index contributed by atoms with van der Waals surface area (Å²) in [5.41, 5.74) is 1.65. The van der Waals surface area contributed by atoms with Gasteiger partial charge in [-0.2, -0.15) is 0 Å². The van der Waals surface area contributed by atoms with Crippen LogP contribution in [-0.4, -0.2) is 17.1 Å². The van der Waals surface area contributed by atoms with Crippen molar-refractivity contribution in [1.29, 1.82) is 0 Å². The molecule has 0 saturated carbocycles. The number of H-pyrrole nitrogens is 1. The topological polar surface area (TPSA) is 44.9 Å². The van der Waals surface area contributed by atoms with Crippen LogP contribution in [0, 0.1) is 0 Å². The Bertz CT molecular complexity index is 565. The van der Waals surface area contributed by atoms with E-state index in [9.17, 15) is 4.79 Å². The molecule has 2 N–H and O–H groups in total. The van der Waals surface area contributed by atoms with Gasteiger partial charge in [0, 0.05) is 15.6 Å². The normalized spacial score (nSPS) is 12.2. The van der Waals surface area contributed by atoms with Crippen molar-refractivity contribution in [3.63, 3.8) is 0 Å². The number of hydrogen-bond donors (Lipinski definition) is 2. The minimum absolute atomic E-state index is 0.0227. The smallest absolute Gasteiger partial charge is 0.268 e. The van der Waals surface area contributed by atoms with E-state index in [0.29, 0.717) is 5.69 Å². The van der Waals surface area contributed by atoms with Crippen molar-refractivity contribution in [1.82, 2.24) is 10.3 Å². The Labute approximate surface area is 125 Å². The number of rotatable bonds is 4. The van der Waals surface area contributed by atoms with Crippen LogP contribution in [0.2, 0.25) is 0 Å². The Morgan fingerprint density at radius 3 is 2.58 bits per heavy atom. The molecule has 0 aliphatic heterocycles. The van der Waals surface area contributed by atoms with E-state index in [4.69, 9.17) is 0 Å². The van der Waals surface area contributed by atoms with Gasteiger partial charge in [0.15, 0.2) is 0 Å². The van der Waals surface area contributed by atoms with Crippen molar-refractivity contribution >= 4 is 33.6 Å². The number of carbonyl (C=O) groups excluding carboxylic acids is 1. The highest BCUT2D eigenvalue weighted by atomic mass is 79.9. The molecule has 1 aromatic heterocycles. The molecule has 1 heterocycles. The van der Waals surface area contributed by atoms with Crippen LogP contribution in [0.3, 0.4) is 0 Å². The molecular formula is C14H15BrN2OS. The minimum atomic E-state index is -0.104. The number of carbonyl (C=O) groups is 1. The predicted octanol–water partition coefficient (Wildman–Crippen LogP) is 3.99. The molecule has 0 aliphatic rings. The van der Waals surface area contributed by atoms with Crippen LogP contribution in [0.4, 0.5) is 0 Å². The second-order valence-electron chi connectivity index (χ2n) is 4.20. The maximum atomic E-state index is 12.0. The van der Waals surface area contributed by atoms with Gasteiger partial charge in [-0.25, -0.2) is 0 Å². The molecule has 0 fully saturated rings. The van der Waals surface area contributed by atoms with Crippen LogP contribution in [0.15, 0.2) is 45.9 Å². The highest BCUT2D eigenvalue weighted by Crippen LogP contribution is 2.19. The highest BCUT2D eigenvalue weighted by molar-refractivity contribution is 9.10. The average Bonchev–Trinajstić information content (AvgIpc) is 2.85. The minimum Gasteiger partial charge on any atom is -0.356 e. The van der Waals surface area contributed by atoms with E-state index in [2.05, 4.69) is 38.4 Å². The fourth-order valence-electron chi connectivity index (χ4n) is 1.75. The molecule has 3 nitrogen and oxygen atoms in total. The van der Waals surface area contributed by atoms with E-state index >= 15 is 0 Å². The van der Waals surface area contributed by atoms with Gasteiger partial charge in [-0.1, -0.05) is 12.1 Å². The van der Waals surface area contributed by atoms with Crippen LogP contribution >= 0.6 is 27.7 Å². The number of halogens is 1. The molecule has 2 aromatic rings. The molecule has 1 unspecified atom stereocenters. The monoisotopic (exact) mass is 338 g/mol. The molecule has 0 aliphatic carbocycles. The third-order valence-electron chi connectivity index (χ3n) is 2.86. The van der Waals surface area contributed by atoms with Crippen molar-refractivity contribution in [2.75, 3.05) is 6.26 Å². The molecule has 1 atom stereocenters. The second-order valence-corrected chi connectivity index (χ2v) is 6.00. The molecule has 0 bridgehead atoms. The molecular weight excluding hydrogens is 324 g/mol. The maximum absolute atomic E-state index is 12.0. The Morgan fingerprint density at radius 1 is 1.37 bits per heavy atom. The maximum Gasteiger partial charge on any atom is 0.268 e. The molecule has 1 amide bonds. The third kappa shape index (κ3) is 3.64. The first kappa shape index (κ1) is 14.2. The SMILES string of the molecule is CSc1ccc(C(C)NC(=O)c2cc(Br)c[nH]2)cc1. The lowest BCUT2D eigenvalue weighted by atomic mass is 10.1. The first-order valence-electron chi connectivity index (χ1n) is 5.89. The van der Waals surface area contributed by atoms with Crippen molar-refractivity contribution in [2.45, 2.75) is 17.9 Å². The van der Waals surface area contributed by atoms with Crippen LogP contribution < -0.4 is 5.32 Å². The van der Waals surface area contributed by atoms with Gasteiger partial charge < -0.3 is 10.3 Å². The number of amides is 1. The summed E-state index contributed by atoms with van der Waals surface area (Å²) in [6, 6.07) is 9.95. The summed E-state index contributed by atoms with van der Waals surface area (Å²) in [6.07, 6.45) is 3.79. The first-order valence-corrected chi connectivity index (χ1v) is 7.90. The van der Waals surface area contributed by atoms with Crippen molar-refractivity contribution < 1.29 is 4.79 Å². The van der Waals surface area contributed by atoms with Gasteiger partial charge in [0.1, 0.15) is 5.69 Å². The van der Waals surface area contributed by atoms with Crippen LogP contribution in [0.1, 0.15) is 29.0 Å². The van der Waals surface area contributed by atoms with Gasteiger partial charge in [-0.05, 0) is 52.9 Å². The lowest BCUT2D eigenvalue weighted by Gasteiger charge is -2.14. The van der Waals surface area contributed by atoms with Crippen molar-refractivity contribution in [2.24, 2.45) is 0 Å². The number of hydrogen-bond acceptors (Lipinski definition) is 2. The second kappa shape index (κ2) is 6.30. The zero-order valence-corrected chi connectivity index (χ0v) is 13.1. The number of nitrogens with one attached hydrogen (secondary N) is 2. The number of benzene rings is 1. The summed E-state index contributed by atoms with van der Waals surface area (Å²) in [7, 11) is 0. The molecule has 5 heteroatoms. The fraction of sp³-hybridized carbons (Fsp3) is 0.214. The van der Waals surface area contributed by atoms with Gasteiger partial charge in [-0.3, -0.25) is 4.79 Å². The van der Waals surface area contributed by atoms with Gasteiger partial charge in [0.25, 0.3) is 5.91 Å². The van der Waals surface area contributed by atoms with E-state index in [0.717, 1.165) is 10.0 Å². The Kier molecular flexibility index (Phi) is 4.71. The standard InChI is InChI=1S/C14H15BrN2OS/c1-9(10-3-5-12(19-2)6-4-10)17-14(18)13-7-11(15)8-16-13/h3-9,16H,1-2H3,(H,17,18). The molecule has 2 rings (SSSR count). The molecule has 0 spiro atoms. The quantitative estimate of drug-likeness (QED) is 0.828. The zero-order valence-electron chi connectivity index (χ0n) is 10.7. The van der Waals surface area contributed by atoms with Crippen LogP contribution in [-0.2, 0) is 0 Å². The number of aromatic nitrogens is 1. The average molecular weight is 339 g/mol. The Balaban J connectivity index is 2.03. The molecule has 0 saturated heterocycles. The molecule has 1 aromatic carbocycles. The largest absolute Gasteiger partial charge is 0.356 e. The lowest BCUT2D eigenvalue weighted by Crippen LogP contribution is -2.26. The Hall–Kier alpha value is -1.20. The lowest BCUT2D eigenvalue weighted by molar-refractivity contribution is 0.0935.